The third-order valence-electron chi connectivity index (χ3n) is 3.88. The summed E-state index contributed by atoms with van der Waals surface area (Å²) in [5.74, 6) is -0.259. The van der Waals surface area contributed by atoms with Crippen molar-refractivity contribution in [1.82, 2.24) is 14.7 Å². The van der Waals surface area contributed by atoms with Crippen LogP contribution in [0.1, 0.15) is 21.6 Å². The smallest absolute Gasteiger partial charge is 0.251 e. The molecule has 3 rings (SSSR count). The van der Waals surface area contributed by atoms with Crippen LogP contribution in [-0.4, -0.2) is 36.5 Å². The monoisotopic (exact) mass is 372 g/mol. The van der Waals surface area contributed by atoms with Gasteiger partial charge in [0.1, 0.15) is 5.65 Å². The molecule has 2 aromatic heterocycles. The van der Waals surface area contributed by atoms with Gasteiger partial charge >= 0.3 is 0 Å². The van der Waals surface area contributed by atoms with Crippen LogP contribution in [0.4, 0.5) is 5.69 Å². The minimum atomic E-state index is -3.40. The highest BCUT2D eigenvalue weighted by Crippen LogP contribution is 2.18. The van der Waals surface area contributed by atoms with E-state index >= 15 is 0 Å². The number of pyridine rings is 1. The molecule has 2 heterocycles. The summed E-state index contributed by atoms with van der Waals surface area (Å²) >= 11 is 0. The first kappa shape index (κ1) is 17.9. The van der Waals surface area contributed by atoms with Crippen LogP contribution in [0.2, 0.25) is 0 Å². The zero-order chi connectivity index (χ0) is 18.7. The van der Waals surface area contributed by atoms with Gasteiger partial charge in [-0.3, -0.25) is 9.52 Å². The summed E-state index contributed by atoms with van der Waals surface area (Å²) < 4.78 is 27.2. The van der Waals surface area contributed by atoms with E-state index in [1.165, 1.54) is 6.07 Å². The van der Waals surface area contributed by atoms with Crippen molar-refractivity contribution in [3.63, 3.8) is 0 Å². The molecule has 0 radical (unpaired) electrons. The van der Waals surface area contributed by atoms with Gasteiger partial charge in [0.2, 0.25) is 10.0 Å². The highest BCUT2D eigenvalue weighted by molar-refractivity contribution is 7.92. The lowest BCUT2D eigenvalue weighted by atomic mass is 10.1. The second kappa shape index (κ2) is 7.17. The summed E-state index contributed by atoms with van der Waals surface area (Å²) in [5, 5.41) is 2.84. The van der Waals surface area contributed by atoms with Crippen molar-refractivity contribution in [2.24, 2.45) is 0 Å². The summed E-state index contributed by atoms with van der Waals surface area (Å²) in [7, 11) is -3.40. The van der Waals surface area contributed by atoms with Crippen LogP contribution in [0.15, 0.2) is 48.8 Å². The van der Waals surface area contributed by atoms with Gasteiger partial charge in [-0.2, -0.15) is 0 Å². The van der Waals surface area contributed by atoms with Crippen LogP contribution >= 0.6 is 0 Å². The second-order valence-electron chi connectivity index (χ2n) is 6.11. The fourth-order valence-corrected chi connectivity index (χ4v) is 3.21. The molecule has 0 saturated carbocycles. The maximum atomic E-state index is 12.3. The first-order valence-corrected chi connectivity index (χ1v) is 10.0. The summed E-state index contributed by atoms with van der Waals surface area (Å²) in [4.78, 5) is 16.8. The molecule has 8 heteroatoms. The number of rotatable bonds is 6. The zero-order valence-electron chi connectivity index (χ0n) is 14.6. The van der Waals surface area contributed by atoms with Gasteiger partial charge in [-0.1, -0.05) is 12.1 Å². The fraction of sp³-hybridized carbons (Fsp3) is 0.222. The summed E-state index contributed by atoms with van der Waals surface area (Å²) in [6.07, 6.45) is 5.54. The third kappa shape index (κ3) is 4.40. The lowest BCUT2D eigenvalue weighted by molar-refractivity contribution is 0.0954. The summed E-state index contributed by atoms with van der Waals surface area (Å²) in [6, 6.07) is 10.7. The Morgan fingerprint density at radius 1 is 1.23 bits per heavy atom. The number of aryl methyl sites for hydroxylation is 1. The second-order valence-corrected chi connectivity index (χ2v) is 7.86. The number of hydrogen-bond acceptors (Lipinski definition) is 4. The van der Waals surface area contributed by atoms with Gasteiger partial charge in [0.15, 0.2) is 0 Å². The number of nitrogens with one attached hydrogen (secondary N) is 2. The molecule has 0 aliphatic rings. The van der Waals surface area contributed by atoms with Gasteiger partial charge in [0.05, 0.1) is 17.6 Å². The highest BCUT2D eigenvalue weighted by Gasteiger charge is 2.11. The van der Waals surface area contributed by atoms with Crippen molar-refractivity contribution in [1.29, 1.82) is 0 Å². The average Bonchev–Trinajstić information content (AvgIpc) is 2.98. The Balaban J connectivity index is 1.63. The van der Waals surface area contributed by atoms with Crippen molar-refractivity contribution in [3.05, 3.63) is 65.6 Å². The average molecular weight is 372 g/mol. The molecular weight excluding hydrogens is 352 g/mol. The van der Waals surface area contributed by atoms with E-state index in [9.17, 15) is 13.2 Å². The van der Waals surface area contributed by atoms with Gasteiger partial charge in [-0.25, -0.2) is 13.4 Å². The van der Waals surface area contributed by atoms with E-state index in [2.05, 4.69) is 15.0 Å². The van der Waals surface area contributed by atoms with Gasteiger partial charge < -0.3 is 9.72 Å². The summed E-state index contributed by atoms with van der Waals surface area (Å²) in [5.41, 5.74) is 3.30. The normalized spacial score (nSPS) is 11.5. The maximum absolute atomic E-state index is 12.3. The highest BCUT2D eigenvalue weighted by atomic mass is 32.2. The molecule has 0 aliphatic carbocycles. The number of carbonyl (C=O) groups excluding carboxylic acids is 1. The first-order chi connectivity index (χ1) is 12.3. The van der Waals surface area contributed by atoms with E-state index in [1.54, 1.807) is 19.1 Å². The molecule has 0 fully saturated rings. The van der Waals surface area contributed by atoms with Crippen LogP contribution < -0.4 is 10.0 Å². The number of fused-ring (bicyclic) bond motifs is 1. The summed E-state index contributed by atoms with van der Waals surface area (Å²) in [6.45, 7) is 2.21. The molecular formula is C18H20N4O3S. The number of hydrogen-bond donors (Lipinski definition) is 2. The van der Waals surface area contributed by atoms with Gasteiger partial charge in [-0.15, -0.1) is 0 Å². The minimum Gasteiger partial charge on any atom is -0.352 e. The van der Waals surface area contributed by atoms with Crippen molar-refractivity contribution in [2.45, 2.75) is 13.3 Å². The van der Waals surface area contributed by atoms with Crippen LogP contribution in [0.3, 0.4) is 0 Å². The molecule has 0 saturated heterocycles. The van der Waals surface area contributed by atoms with Crippen LogP contribution in [0.25, 0.3) is 5.65 Å². The molecule has 26 heavy (non-hydrogen) atoms. The SMILES string of the molecule is Cc1ccc(C(=O)NCCc2cn3ccccc3n2)cc1NS(C)(=O)=O. The van der Waals surface area contributed by atoms with Gasteiger partial charge in [0.25, 0.3) is 5.91 Å². The topological polar surface area (TPSA) is 92.6 Å². The largest absolute Gasteiger partial charge is 0.352 e. The predicted octanol–water partition coefficient (Wildman–Crippen LogP) is 1.99. The molecule has 0 aliphatic heterocycles. The molecule has 2 N–H and O–H groups in total. The Labute approximate surface area is 152 Å². The number of carbonyl (C=O) groups is 1. The van der Waals surface area contributed by atoms with E-state index < -0.39 is 10.0 Å². The Morgan fingerprint density at radius 2 is 2.04 bits per heavy atom. The van der Waals surface area contributed by atoms with E-state index in [4.69, 9.17) is 0 Å². The molecule has 3 aromatic rings. The standard InChI is InChI=1S/C18H20N4O3S/c1-13-6-7-14(11-16(13)21-26(2,24)25)18(23)19-9-8-15-12-22-10-4-3-5-17(22)20-15/h3-7,10-12,21H,8-9H2,1-2H3,(H,19,23). The Morgan fingerprint density at radius 3 is 2.77 bits per heavy atom. The number of anilines is 1. The quantitative estimate of drug-likeness (QED) is 0.692. The van der Waals surface area contributed by atoms with E-state index in [-0.39, 0.29) is 5.91 Å². The van der Waals surface area contributed by atoms with E-state index in [0.717, 1.165) is 23.2 Å². The van der Waals surface area contributed by atoms with Gasteiger partial charge in [-0.05, 0) is 36.8 Å². The van der Waals surface area contributed by atoms with Crippen molar-refractivity contribution < 1.29 is 13.2 Å². The van der Waals surface area contributed by atoms with Gasteiger partial charge in [0, 0.05) is 30.9 Å². The fourth-order valence-electron chi connectivity index (χ4n) is 2.59. The first-order valence-electron chi connectivity index (χ1n) is 8.11. The number of nitrogens with zero attached hydrogens (tertiary/aromatic N) is 2. The van der Waals surface area contributed by atoms with Crippen molar-refractivity contribution in [3.8, 4) is 0 Å². The van der Waals surface area contributed by atoms with Crippen LogP contribution in [-0.2, 0) is 16.4 Å². The number of sulfonamides is 1. The molecule has 0 unspecified atom stereocenters. The molecule has 1 aromatic carbocycles. The molecule has 1 amide bonds. The lowest BCUT2D eigenvalue weighted by Gasteiger charge is -2.10. The van der Waals surface area contributed by atoms with Crippen LogP contribution in [0, 0.1) is 6.92 Å². The van der Waals surface area contributed by atoms with E-state index in [0.29, 0.717) is 24.2 Å². The minimum absolute atomic E-state index is 0.259. The maximum Gasteiger partial charge on any atom is 0.251 e. The Hall–Kier alpha value is -2.87. The van der Waals surface area contributed by atoms with Crippen LogP contribution in [0.5, 0.6) is 0 Å². The van der Waals surface area contributed by atoms with Crippen molar-refractivity contribution in [2.75, 3.05) is 17.5 Å². The Bertz CT molecular complexity index is 1020. The van der Waals surface area contributed by atoms with Crippen molar-refractivity contribution >= 4 is 27.3 Å². The number of amides is 1. The molecule has 0 atom stereocenters. The lowest BCUT2D eigenvalue weighted by Crippen LogP contribution is -2.26. The molecule has 0 bridgehead atoms. The molecule has 7 nitrogen and oxygen atoms in total. The third-order valence-corrected chi connectivity index (χ3v) is 4.47. The number of benzene rings is 1. The number of imidazole rings is 1. The molecule has 136 valence electrons. The Kier molecular flexibility index (Phi) is 4.94. The number of aromatic nitrogens is 2. The predicted molar refractivity (Wildman–Crippen MR) is 101 cm³/mol. The van der Waals surface area contributed by atoms with E-state index in [1.807, 2.05) is 35.0 Å². The zero-order valence-corrected chi connectivity index (χ0v) is 15.4. The molecule has 0 spiro atoms.